The zero-order chi connectivity index (χ0) is 12.8. The first-order valence-electron chi connectivity index (χ1n) is 5.21. The highest BCUT2D eigenvalue weighted by molar-refractivity contribution is 5.89. The van der Waals surface area contributed by atoms with E-state index < -0.39 is 18.5 Å². The van der Waals surface area contributed by atoms with Gasteiger partial charge < -0.3 is 19.3 Å². The summed E-state index contributed by atoms with van der Waals surface area (Å²) in [7, 11) is 1.32. The van der Waals surface area contributed by atoms with Crippen LogP contribution in [0.1, 0.15) is 24.2 Å². The molecule has 0 amide bonds. The molecule has 0 saturated carbocycles. The molecule has 94 valence electrons. The highest BCUT2D eigenvalue weighted by atomic mass is 16.7. The summed E-state index contributed by atoms with van der Waals surface area (Å²) in [4.78, 5) is 11.2. The van der Waals surface area contributed by atoms with Crippen LogP contribution in [0.15, 0.2) is 24.3 Å². The fourth-order valence-corrected chi connectivity index (χ4v) is 1.28. The fourth-order valence-electron chi connectivity index (χ4n) is 1.28. The Morgan fingerprint density at radius 1 is 1.24 bits per heavy atom. The van der Waals surface area contributed by atoms with Gasteiger partial charge in [-0.1, -0.05) is 0 Å². The van der Waals surface area contributed by atoms with Crippen molar-refractivity contribution in [3.05, 3.63) is 29.8 Å². The number of esters is 1. The quantitative estimate of drug-likeness (QED) is 0.625. The van der Waals surface area contributed by atoms with Crippen molar-refractivity contribution in [1.82, 2.24) is 0 Å². The monoisotopic (exact) mass is 240 g/mol. The minimum absolute atomic E-state index is 0.398. The summed E-state index contributed by atoms with van der Waals surface area (Å²) < 4.78 is 14.9. The molecular formula is C12H16O5. The molecule has 0 radical (unpaired) electrons. The van der Waals surface area contributed by atoms with Crippen molar-refractivity contribution in [3.8, 4) is 5.75 Å². The van der Waals surface area contributed by atoms with Gasteiger partial charge in [0.05, 0.1) is 12.7 Å². The lowest BCUT2D eigenvalue weighted by molar-refractivity contribution is -0.179. The van der Waals surface area contributed by atoms with Crippen LogP contribution in [0.5, 0.6) is 5.75 Å². The highest BCUT2D eigenvalue weighted by Gasteiger charge is 2.08. The molecule has 0 fully saturated rings. The van der Waals surface area contributed by atoms with Gasteiger partial charge in [-0.25, -0.2) is 4.79 Å². The first kappa shape index (κ1) is 13.5. The molecule has 0 bridgehead atoms. The van der Waals surface area contributed by atoms with E-state index in [1.165, 1.54) is 14.0 Å². The number of hydrogen-bond donors (Lipinski definition) is 1. The van der Waals surface area contributed by atoms with Gasteiger partial charge in [-0.2, -0.15) is 0 Å². The van der Waals surface area contributed by atoms with Gasteiger partial charge in [0.1, 0.15) is 5.75 Å². The molecule has 5 heteroatoms. The van der Waals surface area contributed by atoms with Gasteiger partial charge in [-0.3, -0.25) is 0 Å². The Morgan fingerprint density at radius 2 is 1.82 bits per heavy atom. The van der Waals surface area contributed by atoms with Crippen LogP contribution in [0.25, 0.3) is 0 Å². The van der Waals surface area contributed by atoms with E-state index in [4.69, 9.17) is 14.6 Å². The van der Waals surface area contributed by atoms with Crippen molar-refractivity contribution in [1.29, 1.82) is 0 Å². The Morgan fingerprint density at radius 3 is 2.29 bits per heavy atom. The van der Waals surface area contributed by atoms with Gasteiger partial charge in [-0.15, -0.1) is 0 Å². The van der Waals surface area contributed by atoms with Crippen molar-refractivity contribution in [2.45, 2.75) is 26.4 Å². The Labute approximate surface area is 99.9 Å². The summed E-state index contributed by atoms with van der Waals surface area (Å²) in [5.41, 5.74) is 0.448. The van der Waals surface area contributed by atoms with E-state index in [0.717, 1.165) is 0 Å². The van der Waals surface area contributed by atoms with Crippen LogP contribution in [0.3, 0.4) is 0 Å². The first-order chi connectivity index (χ1) is 8.02. The van der Waals surface area contributed by atoms with Crippen LogP contribution in [0.4, 0.5) is 0 Å². The molecule has 0 aliphatic carbocycles. The maximum absolute atomic E-state index is 11.2. The van der Waals surface area contributed by atoms with E-state index in [9.17, 15) is 4.79 Å². The van der Waals surface area contributed by atoms with E-state index >= 15 is 0 Å². The molecular weight excluding hydrogens is 224 g/mol. The van der Waals surface area contributed by atoms with Gasteiger partial charge >= 0.3 is 5.97 Å². The topological polar surface area (TPSA) is 65.0 Å². The highest BCUT2D eigenvalue weighted by Crippen LogP contribution is 2.15. The minimum atomic E-state index is -0.889. The normalized spacial score (nSPS) is 13.9. The minimum Gasteiger partial charge on any atom is -0.465 e. The average Bonchev–Trinajstić information content (AvgIpc) is 2.28. The predicted molar refractivity (Wildman–Crippen MR) is 60.6 cm³/mol. The van der Waals surface area contributed by atoms with Crippen LogP contribution in [-0.2, 0) is 9.47 Å². The van der Waals surface area contributed by atoms with Gasteiger partial charge in [0.2, 0.25) is 0 Å². The molecule has 0 saturated heterocycles. The van der Waals surface area contributed by atoms with Crippen molar-refractivity contribution in [2.24, 2.45) is 0 Å². The second-order valence-electron chi connectivity index (χ2n) is 3.44. The lowest BCUT2D eigenvalue weighted by atomic mass is 10.2. The average molecular weight is 240 g/mol. The Hall–Kier alpha value is -1.59. The van der Waals surface area contributed by atoms with Gasteiger partial charge in [0, 0.05) is 0 Å². The van der Waals surface area contributed by atoms with E-state index in [2.05, 4.69) is 4.74 Å². The Kier molecular flexibility index (Phi) is 4.93. The number of aliphatic hydroxyl groups is 1. The second-order valence-corrected chi connectivity index (χ2v) is 3.44. The zero-order valence-corrected chi connectivity index (χ0v) is 10.0. The Balaban J connectivity index is 2.59. The van der Waals surface area contributed by atoms with E-state index in [-0.39, 0.29) is 0 Å². The largest absolute Gasteiger partial charge is 0.465 e. The van der Waals surface area contributed by atoms with E-state index in [1.807, 2.05) is 0 Å². The summed E-state index contributed by atoms with van der Waals surface area (Å²) >= 11 is 0. The Bertz CT molecular complexity index is 358. The fraction of sp³-hybridized carbons (Fsp3) is 0.417. The summed E-state index contributed by atoms with van der Waals surface area (Å²) in [5.74, 6) is 0.149. The third-order valence-electron chi connectivity index (χ3n) is 1.97. The summed E-state index contributed by atoms with van der Waals surface area (Å²) in [5, 5.41) is 8.99. The second kappa shape index (κ2) is 6.22. The van der Waals surface area contributed by atoms with Crippen molar-refractivity contribution in [2.75, 3.05) is 7.11 Å². The molecule has 5 nitrogen and oxygen atoms in total. The summed E-state index contributed by atoms with van der Waals surface area (Å²) in [6.45, 7) is 3.17. The van der Waals surface area contributed by atoms with Gasteiger partial charge in [-0.05, 0) is 38.1 Å². The number of rotatable bonds is 5. The van der Waals surface area contributed by atoms with E-state index in [0.29, 0.717) is 11.3 Å². The number of carbonyl (C=O) groups excluding carboxylic acids is 1. The molecule has 2 unspecified atom stereocenters. The smallest absolute Gasteiger partial charge is 0.337 e. The lowest BCUT2D eigenvalue weighted by Gasteiger charge is -2.17. The lowest BCUT2D eigenvalue weighted by Crippen LogP contribution is -2.21. The number of benzene rings is 1. The predicted octanol–water partition coefficient (Wildman–Crippen LogP) is 1.55. The molecule has 0 aliphatic heterocycles. The molecule has 2 atom stereocenters. The van der Waals surface area contributed by atoms with Crippen LogP contribution in [0.2, 0.25) is 0 Å². The van der Waals surface area contributed by atoms with Crippen molar-refractivity contribution >= 4 is 5.97 Å². The molecule has 1 aromatic carbocycles. The molecule has 0 spiro atoms. The van der Waals surface area contributed by atoms with E-state index in [1.54, 1.807) is 31.2 Å². The summed E-state index contributed by atoms with van der Waals surface area (Å²) in [6, 6.07) is 6.45. The molecule has 17 heavy (non-hydrogen) atoms. The standard InChI is InChI=1S/C12H16O5/c1-8(13)16-9(2)17-11-6-4-10(5-7-11)12(14)15-3/h4-9,13H,1-3H3. The third kappa shape index (κ3) is 4.42. The van der Waals surface area contributed by atoms with Crippen LogP contribution >= 0.6 is 0 Å². The first-order valence-corrected chi connectivity index (χ1v) is 5.21. The van der Waals surface area contributed by atoms with Gasteiger partial charge in [0.25, 0.3) is 0 Å². The zero-order valence-electron chi connectivity index (χ0n) is 10.0. The number of ether oxygens (including phenoxy) is 3. The molecule has 0 aromatic heterocycles. The number of methoxy groups -OCH3 is 1. The van der Waals surface area contributed by atoms with Crippen LogP contribution in [-0.4, -0.2) is 30.8 Å². The SMILES string of the molecule is COC(=O)c1ccc(OC(C)OC(C)O)cc1. The third-order valence-corrected chi connectivity index (χ3v) is 1.97. The van der Waals surface area contributed by atoms with Crippen LogP contribution < -0.4 is 4.74 Å². The maximum atomic E-state index is 11.2. The number of hydrogen-bond acceptors (Lipinski definition) is 5. The molecule has 0 heterocycles. The number of carbonyl (C=O) groups is 1. The van der Waals surface area contributed by atoms with Crippen molar-refractivity contribution < 1.29 is 24.1 Å². The van der Waals surface area contributed by atoms with Gasteiger partial charge in [0.15, 0.2) is 12.6 Å². The maximum Gasteiger partial charge on any atom is 0.337 e. The molecule has 1 N–H and O–H groups in total. The summed E-state index contributed by atoms with van der Waals surface area (Å²) in [6.07, 6.45) is -1.46. The van der Waals surface area contributed by atoms with Crippen LogP contribution in [0, 0.1) is 0 Å². The molecule has 1 aromatic rings. The molecule has 1 rings (SSSR count). The molecule has 0 aliphatic rings. The number of aliphatic hydroxyl groups excluding tert-OH is 1. The van der Waals surface area contributed by atoms with Crippen molar-refractivity contribution in [3.63, 3.8) is 0 Å².